The van der Waals surface area contributed by atoms with Crippen LogP contribution in [0.25, 0.3) is 0 Å². The van der Waals surface area contributed by atoms with Crippen LogP contribution in [-0.2, 0) is 9.47 Å². The number of methoxy groups -OCH3 is 2. The zero-order valence-corrected chi connectivity index (χ0v) is 13.3. The van der Waals surface area contributed by atoms with Crippen molar-refractivity contribution in [3.63, 3.8) is 0 Å². The molecule has 1 fully saturated rings. The Morgan fingerprint density at radius 1 is 1.32 bits per heavy atom. The predicted molar refractivity (Wildman–Crippen MR) is 83.8 cm³/mol. The molecule has 0 spiro atoms. The van der Waals surface area contributed by atoms with E-state index in [-0.39, 0.29) is 12.2 Å². The molecule has 0 radical (unpaired) electrons. The van der Waals surface area contributed by atoms with Crippen molar-refractivity contribution in [2.45, 2.75) is 12.2 Å². The number of hydrogen-bond acceptors (Lipinski definition) is 4. The maximum absolute atomic E-state index is 5.65. The molecule has 6 heteroatoms. The summed E-state index contributed by atoms with van der Waals surface area (Å²) >= 11 is 8.50. The third-order valence-corrected chi connectivity index (χ3v) is 4.28. The monoisotopic (exact) mass is 344 g/mol. The van der Waals surface area contributed by atoms with E-state index < -0.39 is 0 Å². The lowest BCUT2D eigenvalue weighted by atomic mass is 10.2. The summed E-state index contributed by atoms with van der Waals surface area (Å²) in [5, 5.41) is 0. The van der Waals surface area contributed by atoms with Crippen LogP contribution in [0.1, 0.15) is 5.56 Å². The van der Waals surface area contributed by atoms with Gasteiger partial charge in [-0.1, -0.05) is 12.2 Å². The first kappa shape index (κ1) is 14.7. The van der Waals surface area contributed by atoms with Crippen LogP contribution in [0.15, 0.2) is 22.7 Å². The minimum atomic E-state index is 0.0963. The summed E-state index contributed by atoms with van der Waals surface area (Å²) in [7, 11) is 3.43. The maximum atomic E-state index is 5.65. The first-order valence-electron chi connectivity index (χ1n) is 5.96. The van der Waals surface area contributed by atoms with Crippen LogP contribution < -0.4 is 10.6 Å². The van der Waals surface area contributed by atoms with E-state index in [9.17, 15) is 0 Å². The Morgan fingerprint density at radius 2 is 1.89 bits per heavy atom. The van der Waals surface area contributed by atoms with E-state index in [1.807, 2.05) is 18.2 Å². The zero-order valence-electron chi connectivity index (χ0n) is 10.9. The van der Waals surface area contributed by atoms with Gasteiger partial charge in [0, 0.05) is 43.0 Å². The Labute approximate surface area is 127 Å². The maximum Gasteiger partial charge on any atom is 0.105 e. The van der Waals surface area contributed by atoms with Gasteiger partial charge in [0.25, 0.3) is 0 Å². The molecule has 1 aliphatic rings. The second-order valence-electron chi connectivity index (χ2n) is 4.48. The molecular formula is C13H17BrN2O2S. The van der Waals surface area contributed by atoms with E-state index >= 15 is 0 Å². The van der Waals surface area contributed by atoms with Gasteiger partial charge in [-0.2, -0.15) is 0 Å². The van der Waals surface area contributed by atoms with Crippen LogP contribution in [0.2, 0.25) is 0 Å². The summed E-state index contributed by atoms with van der Waals surface area (Å²) in [5.41, 5.74) is 7.61. The summed E-state index contributed by atoms with van der Waals surface area (Å²) in [6.45, 7) is 1.63. The van der Waals surface area contributed by atoms with E-state index in [0.717, 1.165) is 28.8 Å². The molecule has 4 nitrogen and oxygen atoms in total. The van der Waals surface area contributed by atoms with Gasteiger partial charge in [-0.05, 0) is 34.1 Å². The smallest absolute Gasteiger partial charge is 0.105 e. The van der Waals surface area contributed by atoms with Crippen LogP contribution in [0.4, 0.5) is 5.69 Å². The third-order valence-electron chi connectivity index (χ3n) is 3.40. The molecule has 0 bridgehead atoms. The fourth-order valence-electron chi connectivity index (χ4n) is 2.31. The largest absolute Gasteiger partial charge is 0.389 e. The fraction of sp³-hybridized carbons (Fsp3) is 0.462. The van der Waals surface area contributed by atoms with Crippen molar-refractivity contribution in [2.24, 2.45) is 5.73 Å². The third kappa shape index (κ3) is 3.08. The van der Waals surface area contributed by atoms with E-state index in [2.05, 4.69) is 20.8 Å². The van der Waals surface area contributed by atoms with Crippen LogP contribution in [0, 0.1) is 0 Å². The Bertz CT molecular complexity index is 472. The van der Waals surface area contributed by atoms with Gasteiger partial charge in [-0.3, -0.25) is 0 Å². The number of ether oxygens (including phenoxy) is 2. The van der Waals surface area contributed by atoms with E-state index in [1.54, 1.807) is 14.2 Å². The van der Waals surface area contributed by atoms with Crippen molar-refractivity contribution in [2.75, 3.05) is 32.2 Å². The molecule has 0 saturated carbocycles. The molecule has 1 aliphatic heterocycles. The molecule has 0 aliphatic carbocycles. The summed E-state index contributed by atoms with van der Waals surface area (Å²) in [6, 6.07) is 5.98. The van der Waals surface area contributed by atoms with Gasteiger partial charge >= 0.3 is 0 Å². The fourth-order valence-corrected chi connectivity index (χ4v) is 3.20. The first-order chi connectivity index (χ1) is 9.06. The molecule has 2 rings (SSSR count). The van der Waals surface area contributed by atoms with Crippen molar-refractivity contribution < 1.29 is 9.47 Å². The van der Waals surface area contributed by atoms with Gasteiger partial charge in [0.2, 0.25) is 0 Å². The number of benzene rings is 1. The van der Waals surface area contributed by atoms with Gasteiger partial charge in [-0.15, -0.1) is 0 Å². The summed E-state index contributed by atoms with van der Waals surface area (Å²) < 4.78 is 11.8. The standard InChI is InChI=1S/C13H17BrN2O2S/c1-17-11-6-16(7-12(11)18-2)8-3-4-9(13(15)19)10(14)5-8/h3-5,11-12H,6-7H2,1-2H3,(H2,15,19). The minimum Gasteiger partial charge on any atom is -0.389 e. The van der Waals surface area contributed by atoms with Gasteiger partial charge in [0.05, 0.1) is 0 Å². The predicted octanol–water partition coefficient (Wildman–Crippen LogP) is 1.93. The van der Waals surface area contributed by atoms with E-state index in [1.165, 1.54) is 0 Å². The molecule has 1 heterocycles. The van der Waals surface area contributed by atoms with Crippen molar-refractivity contribution in [3.8, 4) is 0 Å². The van der Waals surface area contributed by atoms with Crippen LogP contribution >= 0.6 is 28.1 Å². The number of halogens is 1. The van der Waals surface area contributed by atoms with Crippen molar-refractivity contribution in [3.05, 3.63) is 28.2 Å². The van der Waals surface area contributed by atoms with Gasteiger partial charge in [-0.25, -0.2) is 0 Å². The average molecular weight is 345 g/mol. The number of hydrogen-bond donors (Lipinski definition) is 1. The lowest BCUT2D eigenvalue weighted by Crippen LogP contribution is -2.27. The van der Waals surface area contributed by atoms with Crippen LogP contribution in [0.5, 0.6) is 0 Å². The van der Waals surface area contributed by atoms with Gasteiger partial charge in [0.1, 0.15) is 17.2 Å². The Morgan fingerprint density at radius 3 is 2.32 bits per heavy atom. The number of nitrogens with zero attached hydrogens (tertiary/aromatic N) is 1. The summed E-state index contributed by atoms with van der Waals surface area (Å²) in [6.07, 6.45) is 0.193. The van der Waals surface area contributed by atoms with Crippen molar-refractivity contribution >= 4 is 38.8 Å². The topological polar surface area (TPSA) is 47.7 Å². The number of thiocarbonyl (C=S) groups is 1. The molecule has 2 unspecified atom stereocenters. The highest BCUT2D eigenvalue weighted by Crippen LogP contribution is 2.28. The Kier molecular flexibility index (Phi) is 4.78. The van der Waals surface area contributed by atoms with Gasteiger partial charge < -0.3 is 20.1 Å². The molecule has 2 N–H and O–H groups in total. The molecular weight excluding hydrogens is 328 g/mol. The molecule has 19 heavy (non-hydrogen) atoms. The van der Waals surface area contributed by atoms with Crippen molar-refractivity contribution in [1.29, 1.82) is 0 Å². The summed E-state index contributed by atoms with van der Waals surface area (Å²) in [4.78, 5) is 2.63. The molecule has 0 amide bonds. The Hall–Kier alpha value is -0.690. The highest BCUT2D eigenvalue weighted by molar-refractivity contribution is 9.10. The normalized spacial score (nSPS) is 22.8. The number of anilines is 1. The second-order valence-corrected chi connectivity index (χ2v) is 5.78. The van der Waals surface area contributed by atoms with E-state index in [0.29, 0.717) is 4.99 Å². The molecule has 0 aromatic heterocycles. The van der Waals surface area contributed by atoms with Crippen molar-refractivity contribution in [1.82, 2.24) is 0 Å². The highest BCUT2D eigenvalue weighted by atomic mass is 79.9. The molecule has 104 valence electrons. The number of rotatable bonds is 4. The van der Waals surface area contributed by atoms with Crippen LogP contribution in [-0.4, -0.2) is 44.5 Å². The zero-order chi connectivity index (χ0) is 14.0. The molecule has 1 aromatic carbocycles. The minimum absolute atomic E-state index is 0.0963. The lowest BCUT2D eigenvalue weighted by molar-refractivity contribution is -0.00461. The molecule has 1 saturated heterocycles. The van der Waals surface area contributed by atoms with Gasteiger partial charge in [0.15, 0.2) is 0 Å². The molecule has 1 aromatic rings. The lowest BCUT2D eigenvalue weighted by Gasteiger charge is -2.19. The Balaban J connectivity index is 2.20. The average Bonchev–Trinajstić information content (AvgIpc) is 2.81. The van der Waals surface area contributed by atoms with Crippen LogP contribution in [0.3, 0.4) is 0 Å². The second kappa shape index (κ2) is 6.17. The number of nitrogens with two attached hydrogens (primary N) is 1. The SMILES string of the molecule is COC1CN(c2ccc(C(N)=S)c(Br)c2)CC1OC. The highest BCUT2D eigenvalue weighted by Gasteiger charge is 2.33. The van der Waals surface area contributed by atoms with E-state index in [4.69, 9.17) is 27.4 Å². The first-order valence-corrected chi connectivity index (χ1v) is 7.16. The summed E-state index contributed by atoms with van der Waals surface area (Å²) in [5.74, 6) is 0. The molecule has 2 atom stereocenters. The quantitative estimate of drug-likeness (QED) is 0.845.